The van der Waals surface area contributed by atoms with Crippen molar-refractivity contribution in [2.45, 2.75) is 83.6 Å². The van der Waals surface area contributed by atoms with E-state index in [4.69, 9.17) is 28.0 Å². The van der Waals surface area contributed by atoms with Crippen LogP contribution in [0.1, 0.15) is 69.1 Å². The van der Waals surface area contributed by atoms with Gasteiger partial charge in [0.15, 0.2) is 0 Å². The lowest BCUT2D eigenvalue weighted by molar-refractivity contribution is -0.0924. The molecule has 1 aliphatic heterocycles. The minimum Gasteiger partial charge on any atom is -0.497 e. The van der Waals surface area contributed by atoms with Crippen LogP contribution < -0.4 is 15.2 Å². The second-order valence-electron chi connectivity index (χ2n) is 14.1. The molecular formula is C42H50N5O7P. The molecule has 1 N–H and O–H groups in total. The summed E-state index contributed by atoms with van der Waals surface area (Å²) in [5.74, 6) is 1.43. The third kappa shape index (κ3) is 8.79. The molecule has 4 atom stereocenters. The first-order valence-electron chi connectivity index (χ1n) is 18.6. The third-order valence-electron chi connectivity index (χ3n) is 9.68. The Labute approximate surface area is 323 Å². The molecule has 1 unspecified atom stereocenters. The van der Waals surface area contributed by atoms with Gasteiger partial charge in [0.25, 0.3) is 8.53 Å². The fraction of sp³-hybridized carbons (Fsp3) is 0.405. The van der Waals surface area contributed by atoms with E-state index < -0.39 is 38.3 Å². The molecule has 1 aliphatic rings. The molecule has 5 aromatic rings. The summed E-state index contributed by atoms with van der Waals surface area (Å²) in [4.78, 5) is 21.0. The average Bonchev–Trinajstić information content (AvgIpc) is 3.76. The van der Waals surface area contributed by atoms with E-state index in [9.17, 15) is 10.1 Å². The molecule has 0 saturated carbocycles. The molecule has 13 heteroatoms. The van der Waals surface area contributed by atoms with Crippen LogP contribution in [-0.4, -0.2) is 70.9 Å². The molecule has 1 saturated heterocycles. The maximum atomic E-state index is 13.5. The number of hydrogen-bond acceptors (Lipinski definition) is 10. The molecule has 3 aromatic carbocycles. The standard InChI is InChI=1S/C42H50N5O7P/c1-28(2)47(29(3)4)55(52-23-11-22-43)54-37-25-39(46-26-31-24-30(5)44-40(31)45-41(46)48)53-38(37)27-51-42(32-12-9-8-10-13-32,33-14-18-35(49-6)19-15-33)34-16-20-36(50-7)21-17-34/h8-10,12-21,24,26,28-29,37-39H,11,23,25,27H2,1-7H3,(H,44,45,48)/t37-,38-,39-,55?/m1/s1. The molecule has 3 heterocycles. The Hall–Kier alpha value is -4.60. The third-order valence-corrected chi connectivity index (χ3v) is 11.8. The van der Waals surface area contributed by atoms with E-state index in [1.54, 1.807) is 20.4 Å². The smallest absolute Gasteiger partial charge is 0.351 e. The van der Waals surface area contributed by atoms with Crippen LogP contribution >= 0.6 is 8.53 Å². The van der Waals surface area contributed by atoms with Gasteiger partial charge in [0, 0.05) is 35.8 Å². The zero-order chi connectivity index (χ0) is 39.1. The Morgan fingerprint density at radius 3 is 2.13 bits per heavy atom. The highest BCUT2D eigenvalue weighted by Gasteiger charge is 2.45. The quantitative estimate of drug-likeness (QED) is 0.0564. The highest BCUT2D eigenvalue weighted by molar-refractivity contribution is 7.44. The van der Waals surface area contributed by atoms with Crippen LogP contribution in [0, 0.1) is 18.3 Å². The molecule has 6 rings (SSSR count). The number of ether oxygens (including phenoxy) is 4. The van der Waals surface area contributed by atoms with Crippen molar-refractivity contribution in [2.75, 3.05) is 27.4 Å². The zero-order valence-corrected chi connectivity index (χ0v) is 33.4. The first-order chi connectivity index (χ1) is 26.6. The summed E-state index contributed by atoms with van der Waals surface area (Å²) in [7, 11) is 1.64. The molecule has 0 aliphatic carbocycles. The van der Waals surface area contributed by atoms with Crippen LogP contribution in [0.2, 0.25) is 0 Å². The summed E-state index contributed by atoms with van der Waals surface area (Å²) in [5, 5.41) is 10.1. The van der Waals surface area contributed by atoms with Gasteiger partial charge in [0.1, 0.15) is 35.1 Å². The van der Waals surface area contributed by atoms with E-state index in [0.29, 0.717) is 23.6 Å². The van der Waals surface area contributed by atoms with Gasteiger partial charge in [-0.05, 0) is 81.6 Å². The van der Waals surface area contributed by atoms with Crippen molar-refractivity contribution < 1.29 is 28.0 Å². The number of benzene rings is 3. The summed E-state index contributed by atoms with van der Waals surface area (Å²) in [6.45, 7) is 10.6. The first kappa shape index (κ1) is 40.1. The van der Waals surface area contributed by atoms with Crippen LogP contribution in [0.25, 0.3) is 11.0 Å². The summed E-state index contributed by atoms with van der Waals surface area (Å²) < 4.78 is 42.2. The molecule has 2 aromatic heterocycles. The Balaban J connectivity index is 1.43. The number of nitrogens with one attached hydrogen (secondary N) is 1. The van der Waals surface area contributed by atoms with Gasteiger partial charge >= 0.3 is 5.69 Å². The van der Waals surface area contributed by atoms with Crippen molar-refractivity contribution in [1.29, 1.82) is 5.26 Å². The molecule has 1 fully saturated rings. The number of H-pyrrole nitrogens is 1. The Bertz CT molecular complexity index is 2040. The van der Waals surface area contributed by atoms with Gasteiger partial charge in [0.2, 0.25) is 0 Å². The molecular weight excluding hydrogens is 717 g/mol. The highest BCUT2D eigenvalue weighted by atomic mass is 31.2. The number of hydrogen-bond donors (Lipinski definition) is 1. The predicted molar refractivity (Wildman–Crippen MR) is 212 cm³/mol. The maximum Gasteiger partial charge on any atom is 0.351 e. The van der Waals surface area contributed by atoms with Gasteiger partial charge in [0.05, 0.1) is 46.0 Å². The molecule has 0 bridgehead atoms. The monoisotopic (exact) mass is 767 g/mol. The second kappa shape index (κ2) is 17.9. The largest absolute Gasteiger partial charge is 0.497 e. The van der Waals surface area contributed by atoms with E-state index >= 15 is 0 Å². The lowest BCUT2D eigenvalue weighted by atomic mass is 9.80. The fourth-order valence-electron chi connectivity index (χ4n) is 7.18. The fourth-order valence-corrected chi connectivity index (χ4v) is 8.93. The van der Waals surface area contributed by atoms with E-state index in [0.717, 1.165) is 27.8 Å². The van der Waals surface area contributed by atoms with E-state index in [1.165, 1.54) is 4.57 Å². The zero-order valence-electron chi connectivity index (χ0n) is 32.5. The molecule has 290 valence electrons. The lowest BCUT2D eigenvalue weighted by Crippen LogP contribution is -2.39. The number of rotatable bonds is 17. The molecule has 55 heavy (non-hydrogen) atoms. The van der Waals surface area contributed by atoms with E-state index in [1.807, 2.05) is 91.9 Å². The van der Waals surface area contributed by atoms with Crippen molar-refractivity contribution in [3.05, 3.63) is 124 Å². The number of nitriles is 1. The lowest BCUT2D eigenvalue weighted by Gasteiger charge is -2.39. The number of fused-ring (bicyclic) bond motifs is 1. The predicted octanol–water partition coefficient (Wildman–Crippen LogP) is 8.01. The van der Waals surface area contributed by atoms with Gasteiger partial charge in [-0.1, -0.05) is 54.6 Å². The Morgan fingerprint density at radius 1 is 0.964 bits per heavy atom. The SMILES string of the molecule is COc1ccc(C(OC[C@H]2O[C@@H](n3cc4cc(C)[nH]c4nc3=O)C[C@H]2OP(OCCC#N)N(C(C)C)C(C)C)(c2ccccc2)c2ccc(OC)cc2)cc1. The van der Waals surface area contributed by atoms with Gasteiger partial charge < -0.3 is 33.0 Å². The van der Waals surface area contributed by atoms with Crippen molar-refractivity contribution in [1.82, 2.24) is 19.2 Å². The molecule has 0 amide bonds. The number of aryl methyl sites for hydroxylation is 1. The summed E-state index contributed by atoms with van der Waals surface area (Å²) in [6, 6.07) is 30.1. The van der Waals surface area contributed by atoms with E-state index in [-0.39, 0.29) is 31.7 Å². The van der Waals surface area contributed by atoms with Gasteiger partial charge in [-0.3, -0.25) is 4.57 Å². The molecule has 12 nitrogen and oxygen atoms in total. The average molecular weight is 768 g/mol. The van der Waals surface area contributed by atoms with Crippen LogP contribution in [0.4, 0.5) is 0 Å². The van der Waals surface area contributed by atoms with Gasteiger partial charge in [-0.2, -0.15) is 10.2 Å². The summed E-state index contributed by atoms with van der Waals surface area (Å²) in [5.41, 5.74) is 2.52. The molecule has 0 radical (unpaired) electrons. The number of aromatic nitrogens is 3. The van der Waals surface area contributed by atoms with Crippen LogP contribution in [0.15, 0.2) is 95.9 Å². The number of nitrogens with zero attached hydrogens (tertiary/aromatic N) is 4. The number of aromatic amines is 1. The molecule has 0 spiro atoms. The van der Waals surface area contributed by atoms with Crippen LogP contribution in [0.5, 0.6) is 11.5 Å². The Kier molecular flexibility index (Phi) is 13.0. The summed E-state index contributed by atoms with van der Waals surface area (Å²) >= 11 is 0. The first-order valence-corrected chi connectivity index (χ1v) is 19.7. The normalized spacial score (nSPS) is 17.9. The van der Waals surface area contributed by atoms with Gasteiger partial charge in [-0.15, -0.1) is 0 Å². The topological polar surface area (TPSA) is 133 Å². The van der Waals surface area contributed by atoms with Gasteiger partial charge in [-0.25, -0.2) is 9.46 Å². The second-order valence-corrected chi connectivity index (χ2v) is 15.5. The van der Waals surface area contributed by atoms with Crippen molar-refractivity contribution >= 4 is 19.6 Å². The van der Waals surface area contributed by atoms with E-state index in [2.05, 4.69) is 48.4 Å². The Morgan fingerprint density at radius 2 is 1.56 bits per heavy atom. The number of methoxy groups -OCH3 is 2. The summed E-state index contributed by atoms with van der Waals surface area (Å²) in [6.07, 6.45) is 0.429. The minimum atomic E-state index is -1.64. The highest BCUT2D eigenvalue weighted by Crippen LogP contribution is 2.50. The van der Waals surface area contributed by atoms with Crippen LogP contribution in [0.3, 0.4) is 0 Å². The van der Waals surface area contributed by atoms with Crippen LogP contribution in [-0.2, 0) is 24.1 Å². The maximum absolute atomic E-state index is 13.5. The van der Waals surface area contributed by atoms with Crippen molar-refractivity contribution in [3.63, 3.8) is 0 Å². The minimum absolute atomic E-state index is 0.0759. The van der Waals surface area contributed by atoms with Crippen molar-refractivity contribution in [3.8, 4) is 17.6 Å². The van der Waals surface area contributed by atoms with Crippen molar-refractivity contribution in [2.24, 2.45) is 0 Å².